The molecular weight excluding hydrogens is 484 g/mol. The molecule has 0 radical (unpaired) electrons. The van der Waals surface area contributed by atoms with Gasteiger partial charge in [-0.25, -0.2) is 9.97 Å². The van der Waals surface area contributed by atoms with E-state index in [2.05, 4.69) is 51.0 Å². The zero-order valence-corrected chi connectivity index (χ0v) is 22.7. The van der Waals surface area contributed by atoms with Crippen molar-refractivity contribution < 1.29 is 4.79 Å². The maximum Gasteiger partial charge on any atom is 0.273 e. The first-order valence-corrected chi connectivity index (χ1v) is 12.3. The van der Waals surface area contributed by atoms with Crippen LogP contribution in [0.4, 0.5) is 34.8 Å². The number of H-pyrrole nitrogens is 1. The lowest BCUT2D eigenvalue weighted by molar-refractivity contribution is -0.111. The molecule has 0 aliphatic carbocycles. The van der Waals surface area contributed by atoms with Crippen LogP contribution in [0.1, 0.15) is 25.2 Å². The van der Waals surface area contributed by atoms with Crippen molar-refractivity contribution in [3.8, 4) is 0 Å². The Kier molecular flexibility index (Phi) is 7.44. The lowest BCUT2D eigenvalue weighted by atomic mass is 9.91. The first-order chi connectivity index (χ1) is 18.0. The van der Waals surface area contributed by atoms with Gasteiger partial charge in [-0.15, -0.1) is 0 Å². The highest BCUT2D eigenvalue weighted by Crippen LogP contribution is 2.42. The molecule has 3 aromatic rings. The zero-order valence-electron chi connectivity index (χ0n) is 22.7. The van der Waals surface area contributed by atoms with E-state index in [1.54, 1.807) is 6.07 Å². The highest BCUT2D eigenvalue weighted by Gasteiger charge is 2.38. The summed E-state index contributed by atoms with van der Waals surface area (Å²) >= 11 is 0. The second kappa shape index (κ2) is 10.6. The van der Waals surface area contributed by atoms with Gasteiger partial charge >= 0.3 is 0 Å². The van der Waals surface area contributed by atoms with Crippen molar-refractivity contribution in [3.63, 3.8) is 0 Å². The number of carbonyl (C=O) groups excluding carboxylic acids is 1. The Morgan fingerprint density at radius 1 is 1.18 bits per heavy atom. The smallest absolute Gasteiger partial charge is 0.273 e. The van der Waals surface area contributed by atoms with E-state index in [4.69, 9.17) is 4.98 Å². The minimum atomic E-state index is -0.396. The van der Waals surface area contributed by atoms with Gasteiger partial charge in [-0.05, 0) is 45.3 Å². The molecule has 0 fully saturated rings. The molecule has 0 spiro atoms. The van der Waals surface area contributed by atoms with Crippen molar-refractivity contribution in [2.45, 2.75) is 26.2 Å². The van der Waals surface area contributed by atoms with Crippen LogP contribution < -0.4 is 26.0 Å². The van der Waals surface area contributed by atoms with Gasteiger partial charge in [-0.3, -0.25) is 14.6 Å². The van der Waals surface area contributed by atoms with E-state index in [1.807, 2.05) is 54.9 Å². The predicted molar refractivity (Wildman–Crippen MR) is 150 cm³/mol. The van der Waals surface area contributed by atoms with Gasteiger partial charge in [0.1, 0.15) is 17.8 Å². The van der Waals surface area contributed by atoms with Crippen LogP contribution in [0.25, 0.3) is 0 Å². The Hall–Kier alpha value is -4.32. The third-order valence-electron chi connectivity index (χ3n) is 6.27. The fraction of sp³-hybridized carbons (Fsp3) is 0.385. The van der Waals surface area contributed by atoms with Gasteiger partial charge in [-0.2, -0.15) is 4.98 Å². The molecule has 1 aliphatic rings. The van der Waals surface area contributed by atoms with E-state index in [0.717, 1.165) is 23.6 Å². The van der Waals surface area contributed by atoms with Crippen LogP contribution in [0.3, 0.4) is 0 Å². The van der Waals surface area contributed by atoms with Gasteiger partial charge in [0.2, 0.25) is 17.8 Å². The molecule has 12 heteroatoms. The van der Waals surface area contributed by atoms with Crippen LogP contribution in [-0.2, 0) is 10.2 Å². The third kappa shape index (κ3) is 5.65. The number of aryl methyl sites for hydroxylation is 1. The summed E-state index contributed by atoms with van der Waals surface area (Å²) in [6.45, 7) is 11.8. The SMILES string of the molecule is C=CC(=O)Nc1cc(Nc2ncnc(N3CC(C)(C)c4nc(C)ccc43)n2)c(=O)[nH]c1N(C)CCN(C)C. The molecule has 1 amide bonds. The topological polar surface area (TPSA) is 135 Å². The number of pyridine rings is 2. The molecule has 1 aliphatic heterocycles. The van der Waals surface area contributed by atoms with Crippen LogP contribution in [0.15, 0.2) is 42.0 Å². The number of nitrogens with one attached hydrogen (secondary N) is 3. The molecule has 12 nitrogen and oxygen atoms in total. The Morgan fingerprint density at radius 2 is 1.95 bits per heavy atom. The number of aromatic amines is 1. The lowest BCUT2D eigenvalue weighted by Crippen LogP contribution is -2.31. The Balaban J connectivity index is 1.65. The molecule has 0 saturated heterocycles. The molecule has 3 aromatic heterocycles. The normalized spacial score (nSPS) is 13.8. The number of nitrogens with zero attached hydrogens (tertiary/aromatic N) is 7. The minimum Gasteiger partial charge on any atom is -0.358 e. The number of rotatable bonds is 9. The van der Waals surface area contributed by atoms with Gasteiger partial charge in [0.15, 0.2) is 0 Å². The quantitative estimate of drug-likeness (QED) is 0.363. The number of hydrogen-bond acceptors (Lipinski definition) is 10. The van der Waals surface area contributed by atoms with E-state index in [1.165, 1.54) is 12.4 Å². The average molecular weight is 519 g/mol. The largest absolute Gasteiger partial charge is 0.358 e. The molecule has 4 rings (SSSR count). The number of hydrogen-bond donors (Lipinski definition) is 3. The first kappa shape index (κ1) is 26.7. The second-order valence-corrected chi connectivity index (χ2v) is 10.2. The van der Waals surface area contributed by atoms with Gasteiger partial charge in [0, 0.05) is 37.8 Å². The Bertz CT molecular complexity index is 1420. The van der Waals surface area contributed by atoms with Crippen LogP contribution in [-0.4, -0.2) is 76.5 Å². The van der Waals surface area contributed by atoms with Crippen molar-refractivity contribution in [1.29, 1.82) is 0 Å². The van der Waals surface area contributed by atoms with Crippen LogP contribution in [0, 0.1) is 6.92 Å². The Labute approximate surface area is 221 Å². The van der Waals surface area contributed by atoms with Crippen molar-refractivity contribution in [2.75, 3.05) is 61.2 Å². The highest BCUT2D eigenvalue weighted by molar-refractivity contribution is 6.01. The molecule has 4 heterocycles. The van der Waals surface area contributed by atoms with Gasteiger partial charge in [0.25, 0.3) is 5.56 Å². The van der Waals surface area contributed by atoms with E-state index in [0.29, 0.717) is 30.5 Å². The van der Waals surface area contributed by atoms with Crippen LogP contribution >= 0.6 is 0 Å². The fourth-order valence-electron chi connectivity index (χ4n) is 4.25. The van der Waals surface area contributed by atoms with E-state index >= 15 is 0 Å². The summed E-state index contributed by atoms with van der Waals surface area (Å²) in [7, 11) is 5.77. The van der Waals surface area contributed by atoms with E-state index in [9.17, 15) is 9.59 Å². The molecule has 0 saturated carbocycles. The summed E-state index contributed by atoms with van der Waals surface area (Å²) in [4.78, 5) is 51.9. The van der Waals surface area contributed by atoms with E-state index < -0.39 is 5.91 Å². The van der Waals surface area contributed by atoms with Gasteiger partial charge in [-0.1, -0.05) is 20.4 Å². The summed E-state index contributed by atoms with van der Waals surface area (Å²) in [5.41, 5.74) is 2.89. The molecule has 200 valence electrons. The molecule has 3 N–H and O–H groups in total. The van der Waals surface area contributed by atoms with Crippen LogP contribution in [0.2, 0.25) is 0 Å². The lowest BCUT2D eigenvalue weighted by Gasteiger charge is -2.24. The molecule has 38 heavy (non-hydrogen) atoms. The highest BCUT2D eigenvalue weighted by atomic mass is 16.1. The van der Waals surface area contributed by atoms with Crippen LogP contribution in [0.5, 0.6) is 0 Å². The number of amides is 1. The standard InChI is InChI=1S/C26H34N10O2/c1-8-20(37)30-17-13-18(23(38)32-22(17)35(7)12-11-34(5)6)31-24-27-15-28-25(33-24)36-14-26(3,4)21-19(36)10-9-16(2)29-21/h8-10,13,15H,1,11-12,14H2,2-7H3,(H,30,37)(H,32,38)(H,27,28,31,33). The summed E-state index contributed by atoms with van der Waals surface area (Å²) in [5.74, 6) is 0.720. The van der Waals surface area contributed by atoms with Crippen molar-refractivity contribution >= 4 is 40.7 Å². The second-order valence-electron chi connectivity index (χ2n) is 10.2. The predicted octanol–water partition coefficient (Wildman–Crippen LogP) is 2.56. The average Bonchev–Trinajstić information content (AvgIpc) is 3.14. The van der Waals surface area contributed by atoms with Gasteiger partial charge in [0.05, 0.1) is 17.1 Å². The summed E-state index contributed by atoms with van der Waals surface area (Å²) in [5, 5.41) is 5.76. The number of likely N-dealkylation sites (N-methyl/N-ethyl adjacent to an activating group) is 2. The molecule has 0 aromatic carbocycles. The van der Waals surface area contributed by atoms with Gasteiger partial charge < -0.3 is 30.3 Å². The number of fused-ring (bicyclic) bond motifs is 1. The summed E-state index contributed by atoms with van der Waals surface area (Å²) in [6, 6.07) is 5.55. The molecule has 0 bridgehead atoms. The maximum atomic E-state index is 13.0. The molecular formula is C26H34N10O2. The fourth-order valence-corrected chi connectivity index (χ4v) is 4.25. The number of anilines is 6. The maximum absolute atomic E-state index is 13.0. The van der Waals surface area contributed by atoms with Crippen molar-refractivity contribution in [1.82, 2.24) is 29.8 Å². The molecule has 0 unspecified atom stereocenters. The van der Waals surface area contributed by atoms with Crippen molar-refractivity contribution in [2.24, 2.45) is 0 Å². The zero-order chi connectivity index (χ0) is 27.6. The van der Waals surface area contributed by atoms with Crippen molar-refractivity contribution in [3.05, 3.63) is 58.9 Å². The molecule has 0 atom stereocenters. The number of aromatic nitrogens is 5. The monoisotopic (exact) mass is 518 g/mol. The minimum absolute atomic E-state index is 0.172. The third-order valence-corrected chi connectivity index (χ3v) is 6.27. The summed E-state index contributed by atoms with van der Waals surface area (Å²) < 4.78 is 0. The Morgan fingerprint density at radius 3 is 2.66 bits per heavy atom. The summed E-state index contributed by atoms with van der Waals surface area (Å²) in [6.07, 6.45) is 2.57. The number of carbonyl (C=O) groups is 1. The first-order valence-electron chi connectivity index (χ1n) is 12.3. The van der Waals surface area contributed by atoms with E-state index in [-0.39, 0.29) is 22.6 Å².